The van der Waals surface area contributed by atoms with Crippen LogP contribution < -0.4 is 0 Å². The van der Waals surface area contributed by atoms with Gasteiger partial charge >= 0.3 is 0 Å². The monoisotopic (exact) mass is 270 g/mol. The Labute approximate surface area is 115 Å². The molecular formula is C14H26N2O3. The van der Waals surface area contributed by atoms with Crippen molar-refractivity contribution in [3.63, 3.8) is 0 Å². The van der Waals surface area contributed by atoms with Crippen LogP contribution in [0.3, 0.4) is 0 Å². The molecule has 19 heavy (non-hydrogen) atoms. The number of rotatable bonds is 4. The van der Waals surface area contributed by atoms with Gasteiger partial charge in [0.1, 0.15) is 0 Å². The molecule has 5 nitrogen and oxygen atoms in total. The van der Waals surface area contributed by atoms with Crippen molar-refractivity contribution in [3.8, 4) is 0 Å². The molecule has 1 atom stereocenters. The van der Waals surface area contributed by atoms with Crippen molar-refractivity contribution < 1.29 is 14.6 Å². The number of likely N-dealkylation sites (tertiary alicyclic amines) is 1. The van der Waals surface area contributed by atoms with E-state index in [1.165, 1.54) is 0 Å². The van der Waals surface area contributed by atoms with Crippen molar-refractivity contribution in [3.05, 3.63) is 0 Å². The van der Waals surface area contributed by atoms with E-state index in [9.17, 15) is 9.90 Å². The lowest BCUT2D eigenvalue weighted by atomic mass is 9.90. The average molecular weight is 270 g/mol. The van der Waals surface area contributed by atoms with Crippen molar-refractivity contribution in [2.45, 2.75) is 31.3 Å². The number of piperidine rings is 1. The summed E-state index contributed by atoms with van der Waals surface area (Å²) in [4.78, 5) is 16.1. The fraction of sp³-hybridized carbons (Fsp3) is 0.929. The number of ether oxygens (including phenoxy) is 1. The van der Waals surface area contributed by atoms with Crippen molar-refractivity contribution in [1.29, 1.82) is 0 Å². The van der Waals surface area contributed by atoms with Crippen LogP contribution in [0, 0.1) is 5.92 Å². The molecule has 0 saturated carbocycles. The summed E-state index contributed by atoms with van der Waals surface area (Å²) >= 11 is 0. The molecule has 2 fully saturated rings. The first-order valence-electron chi connectivity index (χ1n) is 7.21. The quantitative estimate of drug-likeness (QED) is 0.800. The zero-order chi connectivity index (χ0) is 13.9. The summed E-state index contributed by atoms with van der Waals surface area (Å²) in [5.41, 5.74) is -0.628. The Balaban J connectivity index is 1.77. The van der Waals surface area contributed by atoms with Gasteiger partial charge in [-0.15, -0.1) is 0 Å². The largest absolute Gasteiger partial charge is 0.388 e. The second-order valence-electron chi connectivity index (χ2n) is 6.28. The minimum absolute atomic E-state index is 0.224. The second-order valence-corrected chi connectivity index (χ2v) is 6.28. The van der Waals surface area contributed by atoms with Gasteiger partial charge in [-0.25, -0.2) is 0 Å². The summed E-state index contributed by atoms with van der Waals surface area (Å²) in [6.45, 7) is 3.55. The van der Waals surface area contributed by atoms with Crippen LogP contribution in [0.4, 0.5) is 0 Å². The van der Waals surface area contributed by atoms with Crippen LogP contribution in [0.2, 0.25) is 0 Å². The van der Waals surface area contributed by atoms with Gasteiger partial charge in [-0.3, -0.25) is 4.79 Å². The third-order valence-corrected chi connectivity index (χ3v) is 4.14. The first-order chi connectivity index (χ1) is 8.98. The minimum atomic E-state index is -0.628. The van der Waals surface area contributed by atoms with E-state index in [4.69, 9.17) is 4.74 Å². The Hall–Kier alpha value is -0.650. The van der Waals surface area contributed by atoms with Gasteiger partial charge in [-0.2, -0.15) is 0 Å². The van der Waals surface area contributed by atoms with E-state index in [-0.39, 0.29) is 5.91 Å². The molecule has 110 valence electrons. The molecule has 2 heterocycles. The average Bonchev–Trinajstić information content (AvgIpc) is 2.81. The molecule has 0 aromatic rings. The van der Waals surface area contributed by atoms with Crippen LogP contribution in [-0.2, 0) is 9.53 Å². The molecule has 2 saturated heterocycles. The topological polar surface area (TPSA) is 53.0 Å². The molecule has 5 heteroatoms. The minimum Gasteiger partial charge on any atom is -0.388 e. The number of aliphatic hydroxyl groups is 1. The smallest absolute Gasteiger partial charge is 0.222 e. The third kappa shape index (κ3) is 4.16. The summed E-state index contributed by atoms with van der Waals surface area (Å²) in [5, 5.41) is 10.4. The number of nitrogens with zero attached hydrogens (tertiary/aromatic N) is 2. The Kier molecular flexibility index (Phi) is 4.81. The molecule has 2 rings (SSSR count). The molecule has 1 amide bonds. The number of likely N-dealkylation sites (N-methyl/N-ethyl adjacent to an activating group) is 1. The van der Waals surface area contributed by atoms with E-state index < -0.39 is 5.60 Å². The lowest BCUT2D eigenvalue weighted by Crippen LogP contribution is -2.51. The maximum atomic E-state index is 12.2. The fourth-order valence-electron chi connectivity index (χ4n) is 3.04. The maximum absolute atomic E-state index is 12.2. The molecule has 2 aliphatic heterocycles. The second kappa shape index (κ2) is 6.20. The number of hydrogen-bond acceptors (Lipinski definition) is 4. The van der Waals surface area contributed by atoms with E-state index in [1.807, 2.05) is 23.9 Å². The molecular weight excluding hydrogens is 244 g/mol. The molecule has 0 spiro atoms. The van der Waals surface area contributed by atoms with Crippen molar-refractivity contribution in [2.75, 3.05) is 46.9 Å². The van der Waals surface area contributed by atoms with Crippen LogP contribution in [0.1, 0.15) is 25.7 Å². The van der Waals surface area contributed by atoms with E-state index in [2.05, 4.69) is 0 Å². The number of carbonyl (C=O) groups excluding carboxylic acids is 1. The predicted octanol–water partition coefficient (Wildman–Crippen LogP) is 0.328. The Bertz CT molecular complexity index is 306. The van der Waals surface area contributed by atoms with Gasteiger partial charge in [0, 0.05) is 39.3 Å². The highest BCUT2D eigenvalue weighted by atomic mass is 16.5. The molecule has 0 aromatic carbocycles. The van der Waals surface area contributed by atoms with Crippen LogP contribution in [0.15, 0.2) is 0 Å². The standard InChI is InChI=1S/C14H26N2O3/c1-15(2)11-14(18)4-6-16(7-5-14)13(17)9-12-3-8-19-10-12/h12,18H,3-11H2,1-2H3. The Morgan fingerprint density at radius 2 is 2.11 bits per heavy atom. The Morgan fingerprint density at radius 1 is 1.42 bits per heavy atom. The molecule has 0 aliphatic carbocycles. The summed E-state index contributed by atoms with van der Waals surface area (Å²) in [6.07, 6.45) is 2.96. The van der Waals surface area contributed by atoms with Gasteiger partial charge < -0.3 is 19.6 Å². The lowest BCUT2D eigenvalue weighted by molar-refractivity contribution is -0.136. The van der Waals surface area contributed by atoms with E-state index in [1.54, 1.807) is 0 Å². The van der Waals surface area contributed by atoms with Crippen LogP contribution in [-0.4, -0.2) is 73.4 Å². The van der Waals surface area contributed by atoms with Crippen molar-refractivity contribution in [1.82, 2.24) is 9.80 Å². The van der Waals surface area contributed by atoms with Gasteiger partial charge in [0.25, 0.3) is 0 Å². The third-order valence-electron chi connectivity index (χ3n) is 4.14. The van der Waals surface area contributed by atoms with Gasteiger partial charge in [0.05, 0.1) is 5.60 Å². The first-order valence-corrected chi connectivity index (χ1v) is 7.21. The molecule has 2 aliphatic rings. The first kappa shape index (κ1) is 14.8. The molecule has 1 unspecified atom stereocenters. The summed E-state index contributed by atoms with van der Waals surface area (Å²) in [5.74, 6) is 0.623. The predicted molar refractivity (Wildman–Crippen MR) is 72.9 cm³/mol. The van der Waals surface area contributed by atoms with E-state index in [0.29, 0.717) is 44.8 Å². The summed E-state index contributed by atoms with van der Waals surface area (Å²) in [7, 11) is 3.94. The lowest BCUT2D eigenvalue weighted by Gasteiger charge is -2.39. The highest BCUT2D eigenvalue weighted by molar-refractivity contribution is 5.76. The highest BCUT2D eigenvalue weighted by Gasteiger charge is 2.34. The van der Waals surface area contributed by atoms with Gasteiger partial charge in [-0.05, 0) is 39.3 Å². The van der Waals surface area contributed by atoms with Gasteiger partial charge in [0.2, 0.25) is 5.91 Å². The molecule has 1 N–H and O–H groups in total. The fourth-order valence-corrected chi connectivity index (χ4v) is 3.04. The van der Waals surface area contributed by atoms with E-state index in [0.717, 1.165) is 19.6 Å². The number of hydrogen-bond donors (Lipinski definition) is 1. The summed E-state index contributed by atoms with van der Waals surface area (Å²) in [6, 6.07) is 0. The van der Waals surface area contributed by atoms with E-state index >= 15 is 0 Å². The maximum Gasteiger partial charge on any atom is 0.222 e. The van der Waals surface area contributed by atoms with Crippen molar-refractivity contribution in [2.24, 2.45) is 5.92 Å². The number of carbonyl (C=O) groups is 1. The highest BCUT2D eigenvalue weighted by Crippen LogP contribution is 2.25. The Morgan fingerprint density at radius 3 is 2.63 bits per heavy atom. The number of amides is 1. The normalized spacial score (nSPS) is 26.9. The van der Waals surface area contributed by atoms with Crippen LogP contribution in [0.5, 0.6) is 0 Å². The van der Waals surface area contributed by atoms with Crippen molar-refractivity contribution >= 4 is 5.91 Å². The van der Waals surface area contributed by atoms with Crippen LogP contribution in [0.25, 0.3) is 0 Å². The van der Waals surface area contributed by atoms with Gasteiger partial charge in [-0.1, -0.05) is 0 Å². The zero-order valence-electron chi connectivity index (χ0n) is 12.1. The van der Waals surface area contributed by atoms with Gasteiger partial charge in [0.15, 0.2) is 0 Å². The van der Waals surface area contributed by atoms with Crippen LogP contribution >= 0.6 is 0 Å². The molecule has 0 aromatic heterocycles. The molecule has 0 bridgehead atoms. The zero-order valence-corrected chi connectivity index (χ0v) is 12.1. The summed E-state index contributed by atoms with van der Waals surface area (Å²) < 4.78 is 5.31. The SMILES string of the molecule is CN(C)CC1(O)CCN(C(=O)CC2CCOC2)CC1. The molecule has 0 radical (unpaired) electrons.